The second kappa shape index (κ2) is 4.84. The molecule has 0 aliphatic heterocycles. The minimum absolute atomic E-state index is 1.02. The van der Waals surface area contributed by atoms with Crippen molar-refractivity contribution >= 4 is 44.7 Å². The molecule has 2 aromatic heterocycles. The third-order valence-electron chi connectivity index (χ3n) is 3.82. The molecule has 0 saturated carbocycles. The maximum absolute atomic E-state index is 4.63. The van der Waals surface area contributed by atoms with Crippen LogP contribution in [0.2, 0.25) is 0 Å². The van der Waals surface area contributed by atoms with Gasteiger partial charge in [-0.25, -0.2) is 0 Å². The molecule has 0 aliphatic carbocycles. The van der Waals surface area contributed by atoms with Crippen LogP contribution in [0, 0.1) is 6.92 Å². The zero-order valence-corrected chi connectivity index (χ0v) is 13.7. The fourth-order valence-corrected chi connectivity index (χ4v) is 3.56. The van der Waals surface area contributed by atoms with Crippen LogP contribution >= 0.6 is 22.9 Å². The molecule has 4 aromatic rings. The summed E-state index contributed by atoms with van der Waals surface area (Å²) < 4.78 is 2.18. The zero-order chi connectivity index (χ0) is 14.4. The first-order valence-electron chi connectivity index (χ1n) is 6.86. The number of fused-ring (bicyclic) bond motifs is 3. The molecule has 0 amide bonds. The van der Waals surface area contributed by atoms with E-state index in [1.54, 1.807) is 0 Å². The second-order valence-corrected chi connectivity index (χ2v) is 6.22. The van der Waals surface area contributed by atoms with Crippen LogP contribution in [0.25, 0.3) is 33.1 Å². The van der Waals surface area contributed by atoms with Crippen molar-refractivity contribution in [2.24, 2.45) is 0 Å². The van der Waals surface area contributed by atoms with Crippen molar-refractivity contribution in [3.63, 3.8) is 0 Å². The standard InChI is InChI=1S/C18H13IN2/c1-12-7-8-17-14(9-12)15-10-16(13-5-3-2-4-6-13)20-11-18(15)21(17)19/h2-11H,1H3. The Kier molecular flexibility index (Phi) is 2.96. The lowest BCUT2D eigenvalue weighted by Gasteiger charge is -2.01. The summed E-state index contributed by atoms with van der Waals surface area (Å²) in [5.74, 6) is 0. The SMILES string of the molecule is Cc1ccc2c(c1)c1cc(-c3ccccc3)ncc1n2I. The van der Waals surface area contributed by atoms with Crippen molar-refractivity contribution in [3.8, 4) is 11.3 Å². The molecule has 0 fully saturated rings. The molecule has 2 heterocycles. The Balaban J connectivity index is 2.07. The average Bonchev–Trinajstić information content (AvgIpc) is 2.80. The van der Waals surface area contributed by atoms with Crippen molar-refractivity contribution in [1.82, 2.24) is 7.76 Å². The summed E-state index contributed by atoms with van der Waals surface area (Å²) in [5.41, 5.74) is 5.86. The second-order valence-electron chi connectivity index (χ2n) is 5.25. The van der Waals surface area contributed by atoms with Gasteiger partial charge in [-0.1, -0.05) is 42.0 Å². The molecule has 3 heteroatoms. The fourth-order valence-electron chi connectivity index (χ4n) is 2.75. The molecule has 0 unspecified atom stereocenters. The van der Waals surface area contributed by atoms with E-state index >= 15 is 0 Å². The maximum atomic E-state index is 4.63. The first kappa shape index (κ1) is 12.8. The van der Waals surface area contributed by atoms with Gasteiger partial charge in [0.15, 0.2) is 0 Å². The first-order chi connectivity index (χ1) is 10.2. The number of aryl methyl sites for hydroxylation is 1. The Morgan fingerprint density at radius 1 is 0.905 bits per heavy atom. The zero-order valence-electron chi connectivity index (χ0n) is 11.5. The predicted molar refractivity (Wildman–Crippen MR) is 96.8 cm³/mol. The van der Waals surface area contributed by atoms with Gasteiger partial charge in [0.05, 0.1) is 45.8 Å². The van der Waals surface area contributed by atoms with E-state index in [0.717, 1.165) is 16.8 Å². The number of pyridine rings is 1. The topological polar surface area (TPSA) is 17.8 Å². The number of nitrogens with zero attached hydrogens (tertiary/aromatic N) is 2. The summed E-state index contributed by atoms with van der Waals surface area (Å²) >= 11 is 2.35. The molecular formula is C18H13IN2. The molecule has 0 atom stereocenters. The van der Waals surface area contributed by atoms with Crippen LogP contribution in [-0.2, 0) is 0 Å². The van der Waals surface area contributed by atoms with Crippen LogP contribution in [0.4, 0.5) is 0 Å². The Bertz CT molecular complexity index is 955. The lowest BCUT2D eigenvalue weighted by Crippen LogP contribution is -1.84. The molecule has 0 radical (unpaired) electrons. The molecule has 0 aliphatic rings. The summed E-state index contributed by atoms with van der Waals surface area (Å²) in [6, 6.07) is 19.1. The van der Waals surface area contributed by atoms with E-state index in [2.05, 4.69) is 74.0 Å². The minimum Gasteiger partial charge on any atom is -0.280 e. The number of halogens is 1. The van der Waals surface area contributed by atoms with Gasteiger partial charge in [-0.05, 0) is 25.1 Å². The van der Waals surface area contributed by atoms with Gasteiger partial charge in [0.2, 0.25) is 0 Å². The Labute approximate surface area is 136 Å². The normalized spacial score (nSPS) is 11.3. The predicted octanol–water partition coefficient (Wildman–Crippen LogP) is 5.36. The van der Waals surface area contributed by atoms with E-state index in [4.69, 9.17) is 0 Å². The third-order valence-corrected chi connectivity index (χ3v) is 4.86. The van der Waals surface area contributed by atoms with E-state index in [0.29, 0.717) is 0 Å². The third kappa shape index (κ3) is 2.03. The van der Waals surface area contributed by atoms with E-state index in [1.807, 2.05) is 24.4 Å². The van der Waals surface area contributed by atoms with Crippen molar-refractivity contribution in [3.05, 3.63) is 66.4 Å². The molecule has 0 saturated heterocycles. The van der Waals surface area contributed by atoms with Crippen LogP contribution in [0.3, 0.4) is 0 Å². The van der Waals surface area contributed by atoms with Crippen molar-refractivity contribution in [2.45, 2.75) is 6.92 Å². The number of hydrogen-bond acceptors (Lipinski definition) is 1. The van der Waals surface area contributed by atoms with Crippen LogP contribution in [0.1, 0.15) is 5.56 Å². The van der Waals surface area contributed by atoms with E-state index in [1.165, 1.54) is 21.9 Å². The van der Waals surface area contributed by atoms with E-state index in [-0.39, 0.29) is 0 Å². The van der Waals surface area contributed by atoms with Gasteiger partial charge < -0.3 is 0 Å². The minimum atomic E-state index is 1.02. The molecule has 21 heavy (non-hydrogen) atoms. The highest BCUT2D eigenvalue weighted by molar-refractivity contribution is 14.1. The number of benzene rings is 2. The van der Waals surface area contributed by atoms with Crippen LogP contribution in [0.5, 0.6) is 0 Å². The molecule has 0 bridgehead atoms. The van der Waals surface area contributed by atoms with Crippen LogP contribution in [0.15, 0.2) is 60.8 Å². The van der Waals surface area contributed by atoms with Gasteiger partial charge in [-0.2, -0.15) is 0 Å². The lowest BCUT2D eigenvalue weighted by atomic mass is 10.1. The fraction of sp³-hybridized carbons (Fsp3) is 0.0556. The van der Waals surface area contributed by atoms with Crippen molar-refractivity contribution < 1.29 is 0 Å². The molecular weight excluding hydrogens is 371 g/mol. The van der Waals surface area contributed by atoms with Gasteiger partial charge in [-0.3, -0.25) is 7.76 Å². The van der Waals surface area contributed by atoms with Gasteiger partial charge in [0.1, 0.15) is 0 Å². The first-order valence-corrected chi connectivity index (χ1v) is 7.83. The molecule has 0 spiro atoms. The maximum Gasteiger partial charge on any atom is 0.0773 e. The highest BCUT2D eigenvalue weighted by Gasteiger charge is 2.11. The lowest BCUT2D eigenvalue weighted by molar-refractivity contribution is 1.33. The summed E-state index contributed by atoms with van der Waals surface area (Å²) in [6.07, 6.45) is 1.97. The average molecular weight is 384 g/mol. The van der Waals surface area contributed by atoms with Crippen molar-refractivity contribution in [1.29, 1.82) is 0 Å². The highest BCUT2D eigenvalue weighted by Crippen LogP contribution is 2.33. The van der Waals surface area contributed by atoms with Crippen molar-refractivity contribution in [2.75, 3.05) is 0 Å². The highest BCUT2D eigenvalue weighted by atomic mass is 127. The molecule has 102 valence electrons. The van der Waals surface area contributed by atoms with Gasteiger partial charge >= 0.3 is 0 Å². The van der Waals surface area contributed by atoms with Gasteiger partial charge in [0.25, 0.3) is 0 Å². The summed E-state index contributed by atoms with van der Waals surface area (Å²) in [6.45, 7) is 2.13. The van der Waals surface area contributed by atoms with Crippen LogP contribution in [-0.4, -0.2) is 7.76 Å². The summed E-state index contributed by atoms with van der Waals surface area (Å²) in [4.78, 5) is 4.63. The largest absolute Gasteiger partial charge is 0.280 e. The molecule has 0 N–H and O–H groups in total. The molecule has 2 aromatic carbocycles. The Hall–Kier alpha value is -1.88. The molecule has 4 rings (SSSR count). The summed E-state index contributed by atoms with van der Waals surface area (Å²) in [7, 11) is 0. The Morgan fingerprint density at radius 2 is 1.67 bits per heavy atom. The summed E-state index contributed by atoms with van der Waals surface area (Å²) in [5, 5.41) is 2.55. The van der Waals surface area contributed by atoms with Gasteiger partial charge in [-0.15, -0.1) is 0 Å². The number of aromatic nitrogens is 2. The van der Waals surface area contributed by atoms with E-state index in [9.17, 15) is 0 Å². The molecule has 2 nitrogen and oxygen atoms in total. The smallest absolute Gasteiger partial charge is 0.0773 e. The monoisotopic (exact) mass is 384 g/mol. The number of rotatable bonds is 1. The quantitative estimate of drug-likeness (QED) is 0.404. The van der Waals surface area contributed by atoms with Gasteiger partial charge in [0, 0.05) is 16.3 Å². The Morgan fingerprint density at radius 3 is 2.48 bits per heavy atom. The van der Waals surface area contributed by atoms with E-state index < -0.39 is 0 Å². The number of hydrogen-bond donors (Lipinski definition) is 0. The van der Waals surface area contributed by atoms with Crippen LogP contribution < -0.4 is 0 Å².